The number of aliphatic hydroxyl groups is 1. The summed E-state index contributed by atoms with van der Waals surface area (Å²) in [5, 5.41) is 9.67. The number of anilines is 1. The van der Waals surface area contributed by atoms with Gasteiger partial charge in [0.05, 0.1) is 25.4 Å². The van der Waals surface area contributed by atoms with E-state index in [9.17, 15) is 5.11 Å². The van der Waals surface area contributed by atoms with Gasteiger partial charge in [-0.15, -0.1) is 0 Å². The quantitative estimate of drug-likeness (QED) is 0.833. The molecule has 0 amide bonds. The van der Waals surface area contributed by atoms with Crippen LogP contribution in [-0.4, -0.2) is 36.4 Å². The van der Waals surface area contributed by atoms with Gasteiger partial charge in [0, 0.05) is 18.2 Å². The molecule has 5 heteroatoms. The van der Waals surface area contributed by atoms with Crippen molar-refractivity contribution in [3.8, 4) is 5.75 Å². The van der Waals surface area contributed by atoms with E-state index < -0.39 is 0 Å². The monoisotopic (exact) mass is 294 g/mol. The van der Waals surface area contributed by atoms with E-state index in [-0.39, 0.29) is 12.6 Å². The maximum atomic E-state index is 9.67. The van der Waals surface area contributed by atoms with Crippen LogP contribution in [0.2, 0.25) is 0 Å². The third-order valence-electron chi connectivity index (χ3n) is 3.87. The Kier molecular flexibility index (Phi) is 5.20. The summed E-state index contributed by atoms with van der Waals surface area (Å²) in [5.41, 5.74) is 7.66. The molecule has 0 spiro atoms. The summed E-state index contributed by atoms with van der Waals surface area (Å²) in [5.74, 6) is 0.779. The van der Waals surface area contributed by atoms with Gasteiger partial charge in [-0.1, -0.05) is 25.1 Å². The first-order chi connectivity index (χ1) is 9.67. The zero-order valence-electron chi connectivity index (χ0n) is 11.8. The van der Waals surface area contributed by atoms with Gasteiger partial charge >= 0.3 is 0 Å². The smallest absolute Gasteiger partial charge is 0.120 e. The second kappa shape index (κ2) is 6.90. The van der Waals surface area contributed by atoms with Gasteiger partial charge in [0.15, 0.2) is 0 Å². The van der Waals surface area contributed by atoms with Crippen molar-refractivity contribution in [3.05, 3.63) is 23.8 Å². The molecule has 1 atom stereocenters. The molecule has 0 saturated carbocycles. The van der Waals surface area contributed by atoms with E-state index in [4.69, 9.17) is 22.7 Å². The van der Waals surface area contributed by atoms with Crippen LogP contribution in [0, 0.1) is 0 Å². The Bertz CT molecular complexity index is 479. The van der Waals surface area contributed by atoms with Gasteiger partial charge in [0.2, 0.25) is 0 Å². The fourth-order valence-corrected chi connectivity index (χ4v) is 2.94. The summed E-state index contributed by atoms with van der Waals surface area (Å²) in [6, 6.07) is 5.85. The van der Waals surface area contributed by atoms with Crippen LogP contribution in [0.3, 0.4) is 0 Å². The lowest BCUT2D eigenvalue weighted by molar-refractivity contribution is 0.255. The molecule has 1 aromatic carbocycles. The highest BCUT2D eigenvalue weighted by atomic mass is 32.1. The molecule has 4 nitrogen and oxygen atoms in total. The van der Waals surface area contributed by atoms with E-state index in [0.29, 0.717) is 4.99 Å². The molecule has 1 heterocycles. The molecule has 0 aliphatic carbocycles. The third kappa shape index (κ3) is 3.22. The highest BCUT2D eigenvalue weighted by molar-refractivity contribution is 7.80. The second-order valence-electron chi connectivity index (χ2n) is 5.13. The molecule has 1 unspecified atom stereocenters. The first-order valence-electron chi connectivity index (χ1n) is 7.02. The van der Waals surface area contributed by atoms with Crippen LogP contribution in [0.5, 0.6) is 5.75 Å². The van der Waals surface area contributed by atoms with Crippen molar-refractivity contribution in [1.82, 2.24) is 0 Å². The maximum absolute atomic E-state index is 9.67. The van der Waals surface area contributed by atoms with Gasteiger partial charge in [-0.2, -0.15) is 0 Å². The standard InChI is InChI=1S/C15H22N2O2S/c1-19-12-6-7-13(15(16)20)14(9-12)17-8-4-2-3-5-11(17)10-18/h6-7,9,11,18H,2-5,8,10H2,1H3,(H2,16,20). The van der Waals surface area contributed by atoms with Gasteiger partial charge in [-0.3, -0.25) is 0 Å². The molecule has 0 aromatic heterocycles. The Morgan fingerprint density at radius 2 is 2.25 bits per heavy atom. The number of rotatable bonds is 4. The first kappa shape index (κ1) is 15.1. The number of nitrogens with zero attached hydrogens (tertiary/aromatic N) is 1. The van der Waals surface area contributed by atoms with Crippen LogP contribution in [-0.2, 0) is 0 Å². The first-order valence-corrected chi connectivity index (χ1v) is 7.43. The third-order valence-corrected chi connectivity index (χ3v) is 4.09. The Morgan fingerprint density at radius 1 is 1.45 bits per heavy atom. The largest absolute Gasteiger partial charge is 0.497 e. The SMILES string of the molecule is COc1ccc(C(N)=S)c(N2CCCCCC2CO)c1. The Hall–Kier alpha value is -1.33. The highest BCUT2D eigenvalue weighted by Gasteiger charge is 2.23. The van der Waals surface area contributed by atoms with Crippen LogP contribution < -0.4 is 15.4 Å². The molecule has 0 bridgehead atoms. The van der Waals surface area contributed by atoms with Crippen molar-refractivity contribution in [2.24, 2.45) is 5.73 Å². The minimum Gasteiger partial charge on any atom is -0.497 e. The lowest BCUT2D eigenvalue weighted by Gasteiger charge is -2.32. The molecule has 1 fully saturated rings. The van der Waals surface area contributed by atoms with E-state index in [0.717, 1.165) is 42.8 Å². The molecular weight excluding hydrogens is 272 g/mol. The fourth-order valence-electron chi connectivity index (χ4n) is 2.77. The zero-order valence-corrected chi connectivity index (χ0v) is 12.7. The lowest BCUT2D eigenvalue weighted by Crippen LogP contribution is -2.38. The summed E-state index contributed by atoms with van der Waals surface area (Å²) in [7, 11) is 1.64. The van der Waals surface area contributed by atoms with E-state index >= 15 is 0 Å². The Labute approximate surface area is 125 Å². The summed E-state index contributed by atoms with van der Waals surface area (Å²) in [6.45, 7) is 1.06. The number of benzene rings is 1. The number of ether oxygens (including phenoxy) is 1. The molecule has 1 aliphatic rings. The Morgan fingerprint density at radius 3 is 2.90 bits per heavy atom. The molecule has 1 saturated heterocycles. The van der Waals surface area contributed by atoms with Crippen LogP contribution in [0.25, 0.3) is 0 Å². The number of hydrogen-bond donors (Lipinski definition) is 2. The summed E-state index contributed by atoms with van der Waals surface area (Å²) in [4.78, 5) is 2.60. The second-order valence-corrected chi connectivity index (χ2v) is 5.57. The normalized spacial score (nSPS) is 19.5. The minimum absolute atomic E-state index is 0.123. The van der Waals surface area contributed by atoms with Crippen LogP contribution in [0.15, 0.2) is 18.2 Å². The molecule has 20 heavy (non-hydrogen) atoms. The highest BCUT2D eigenvalue weighted by Crippen LogP contribution is 2.30. The average molecular weight is 294 g/mol. The molecule has 1 aromatic rings. The number of aliphatic hydroxyl groups excluding tert-OH is 1. The van der Waals surface area contributed by atoms with Crippen molar-refractivity contribution in [3.63, 3.8) is 0 Å². The molecule has 110 valence electrons. The van der Waals surface area contributed by atoms with Gasteiger partial charge in [-0.25, -0.2) is 0 Å². The van der Waals surface area contributed by atoms with Crippen molar-refractivity contribution < 1.29 is 9.84 Å². The topological polar surface area (TPSA) is 58.7 Å². The molecule has 0 radical (unpaired) electrons. The molecular formula is C15H22N2O2S. The fraction of sp³-hybridized carbons (Fsp3) is 0.533. The summed E-state index contributed by atoms with van der Waals surface area (Å²) in [6.07, 6.45) is 4.45. The maximum Gasteiger partial charge on any atom is 0.120 e. The average Bonchev–Trinajstić information content (AvgIpc) is 2.71. The van der Waals surface area contributed by atoms with Crippen molar-refractivity contribution in [1.29, 1.82) is 0 Å². The van der Waals surface area contributed by atoms with Crippen molar-refractivity contribution >= 4 is 22.9 Å². The van der Waals surface area contributed by atoms with Crippen molar-refractivity contribution in [2.75, 3.05) is 25.2 Å². The van der Waals surface area contributed by atoms with Crippen LogP contribution in [0.1, 0.15) is 31.2 Å². The lowest BCUT2D eigenvalue weighted by atomic mass is 10.1. The van der Waals surface area contributed by atoms with E-state index in [1.807, 2.05) is 18.2 Å². The van der Waals surface area contributed by atoms with Crippen LogP contribution in [0.4, 0.5) is 5.69 Å². The number of nitrogens with two attached hydrogens (primary N) is 1. The van der Waals surface area contributed by atoms with E-state index in [1.54, 1.807) is 7.11 Å². The Balaban J connectivity index is 2.43. The van der Waals surface area contributed by atoms with E-state index in [2.05, 4.69) is 4.90 Å². The molecule has 2 rings (SSSR count). The number of methoxy groups -OCH3 is 1. The van der Waals surface area contributed by atoms with Crippen LogP contribution >= 0.6 is 12.2 Å². The van der Waals surface area contributed by atoms with Gasteiger partial charge in [0.25, 0.3) is 0 Å². The predicted octanol–water partition coefficient (Wildman–Crippen LogP) is 2.07. The summed E-state index contributed by atoms with van der Waals surface area (Å²) < 4.78 is 5.31. The number of thiocarbonyl (C=S) groups is 1. The molecule has 1 aliphatic heterocycles. The van der Waals surface area contributed by atoms with Crippen molar-refractivity contribution in [2.45, 2.75) is 31.7 Å². The van der Waals surface area contributed by atoms with Gasteiger partial charge < -0.3 is 20.5 Å². The van der Waals surface area contributed by atoms with E-state index in [1.165, 1.54) is 6.42 Å². The number of hydrogen-bond acceptors (Lipinski definition) is 4. The van der Waals surface area contributed by atoms with Gasteiger partial charge in [0.1, 0.15) is 10.7 Å². The zero-order chi connectivity index (χ0) is 14.5. The predicted molar refractivity (Wildman–Crippen MR) is 85.6 cm³/mol. The summed E-state index contributed by atoms with van der Waals surface area (Å²) >= 11 is 5.15. The minimum atomic E-state index is 0.123. The molecule has 3 N–H and O–H groups in total. The van der Waals surface area contributed by atoms with Gasteiger partial charge in [-0.05, 0) is 25.0 Å².